The number of aromatic nitrogens is 2. The van der Waals surface area contributed by atoms with Gasteiger partial charge in [0.25, 0.3) is 5.91 Å². The molecule has 0 saturated carbocycles. The summed E-state index contributed by atoms with van der Waals surface area (Å²) >= 11 is 1.54. The SMILES string of the molecule is CCCc1ncc(C(=O)N2CCC(Nc3cccnc3)CC2)s1. The predicted octanol–water partition coefficient (Wildman–Crippen LogP) is 3.21. The number of nitrogens with zero attached hydrogens (tertiary/aromatic N) is 3. The molecular formula is C17H22N4OS. The van der Waals surface area contributed by atoms with Crippen LogP contribution in [0.15, 0.2) is 30.7 Å². The topological polar surface area (TPSA) is 58.1 Å². The minimum absolute atomic E-state index is 0.129. The molecule has 122 valence electrons. The lowest BCUT2D eigenvalue weighted by molar-refractivity contribution is 0.0723. The van der Waals surface area contributed by atoms with Gasteiger partial charge in [0.15, 0.2) is 0 Å². The largest absolute Gasteiger partial charge is 0.381 e. The quantitative estimate of drug-likeness (QED) is 0.914. The number of hydrogen-bond acceptors (Lipinski definition) is 5. The average molecular weight is 330 g/mol. The number of likely N-dealkylation sites (tertiary alicyclic amines) is 1. The molecule has 1 aliphatic rings. The van der Waals surface area contributed by atoms with Crippen LogP contribution in [-0.2, 0) is 6.42 Å². The molecule has 5 nitrogen and oxygen atoms in total. The number of anilines is 1. The molecule has 0 aromatic carbocycles. The van der Waals surface area contributed by atoms with Crippen molar-refractivity contribution in [1.82, 2.24) is 14.9 Å². The molecule has 2 aromatic heterocycles. The molecule has 1 aliphatic heterocycles. The second-order valence-electron chi connectivity index (χ2n) is 5.82. The molecule has 3 rings (SSSR count). The molecule has 6 heteroatoms. The standard InChI is InChI=1S/C17H22N4OS/c1-2-4-16-19-12-15(23-16)17(22)21-9-6-13(7-10-21)20-14-5-3-8-18-11-14/h3,5,8,11-13,20H,2,4,6-7,9-10H2,1H3. The number of carbonyl (C=O) groups excluding carboxylic acids is 1. The van der Waals surface area contributed by atoms with E-state index in [0.717, 1.165) is 54.3 Å². The molecule has 1 amide bonds. The summed E-state index contributed by atoms with van der Waals surface area (Å²) in [5.41, 5.74) is 1.05. The van der Waals surface area contributed by atoms with E-state index >= 15 is 0 Å². The fourth-order valence-electron chi connectivity index (χ4n) is 2.81. The number of rotatable bonds is 5. The van der Waals surface area contributed by atoms with Crippen molar-refractivity contribution in [3.05, 3.63) is 40.6 Å². The smallest absolute Gasteiger partial charge is 0.265 e. The molecule has 0 atom stereocenters. The predicted molar refractivity (Wildman–Crippen MR) is 92.9 cm³/mol. The summed E-state index contributed by atoms with van der Waals surface area (Å²) in [6.07, 6.45) is 9.28. The number of nitrogens with one attached hydrogen (secondary N) is 1. The van der Waals surface area contributed by atoms with Crippen molar-refractivity contribution in [3.63, 3.8) is 0 Å². The van der Waals surface area contributed by atoms with Crippen molar-refractivity contribution in [2.24, 2.45) is 0 Å². The Kier molecular flexibility index (Phi) is 5.23. The van der Waals surface area contributed by atoms with Crippen LogP contribution in [0, 0.1) is 0 Å². The van der Waals surface area contributed by atoms with E-state index in [1.54, 1.807) is 12.4 Å². The van der Waals surface area contributed by atoms with Crippen molar-refractivity contribution < 1.29 is 4.79 Å². The number of carbonyl (C=O) groups is 1. The Morgan fingerprint density at radius 2 is 2.22 bits per heavy atom. The van der Waals surface area contributed by atoms with E-state index in [1.807, 2.05) is 23.2 Å². The van der Waals surface area contributed by atoms with Gasteiger partial charge in [-0.2, -0.15) is 0 Å². The number of thiazole rings is 1. The summed E-state index contributed by atoms with van der Waals surface area (Å²) in [7, 11) is 0. The number of piperidine rings is 1. The minimum atomic E-state index is 0.129. The summed E-state index contributed by atoms with van der Waals surface area (Å²) in [5, 5.41) is 4.55. The molecule has 0 spiro atoms. The zero-order chi connectivity index (χ0) is 16.1. The van der Waals surface area contributed by atoms with E-state index in [9.17, 15) is 4.79 Å². The third-order valence-electron chi connectivity index (χ3n) is 4.04. The molecule has 0 radical (unpaired) electrons. The fourth-order valence-corrected chi connectivity index (χ4v) is 3.79. The Bertz CT molecular complexity index is 635. The van der Waals surface area contributed by atoms with Crippen LogP contribution in [0.2, 0.25) is 0 Å². The molecule has 2 aromatic rings. The number of pyridine rings is 1. The highest BCUT2D eigenvalue weighted by Crippen LogP contribution is 2.21. The molecular weight excluding hydrogens is 308 g/mol. The maximum Gasteiger partial charge on any atom is 0.265 e. The highest BCUT2D eigenvalue weighted by atomic mass is 32.1. The van der Waals surface area contributed by atoms with Crippen LogP contribution in [0.3, 0.4) is 0 Å². The normalized spacial score (nSPS) is 15.6. The molecule has 0 bridgehead atoms. The molecule has 0 aliphatic carbocycles. The highest BCUT2D eigenvalue weighted by molar-refractivity contribution is 7.13. The summed E-state index contributed by atoms with van der Waals surface area (Å²) in [4.78, 5) is 23.7. The maximum atomic E-state index is 12.5. The van der Waals surface area contributed by atoms with Gasteiger partial charge in [-0.1, -0.05) is 6.92 Å². The molecule has 23 heavy (non-hydrogen) atoms. The lowest BCUT2D eigenvalue weighted by Crippen LogP contribution is -2.42. The van der Waals surface area contributed by atoms with E-state index in [-0.39, 0.29) is 5.91 Å². The lowest BCUT2D eigenvalue weighted by Gasteiger charge is -2.32. The first kappa shape index (κ1) is 15.9. The second-order valence-corrected chi connectivity index (χ2v) is 6.94. The summed E-state index contributed by atoms with van der Waals surface area (Å²) in [5.74, 6) is 0.129. The van der Waals surface area contributed by atoms with Gasteiger partial charge in [0.2, 0.25) is 0 Å². The lowest BCUT2D eigenvalue weighted by atomic mass is 10.0. The zero-order valence-corrected chi connectivity index (χ0v) is 14.2. The van der Waals surface area contributed by atoms with Gasteiger partial charge in [-0.05, 0) is 37.8 Å². The fraction of sp³-hybridized carbons (Fsp3) is 0.471. The monoisotopic (exact) mass is 330 g/mol. The Hall–Kier alpha value is -1.95. The summed E-state index contributed by atoms with van der Waals surface area (Å²) in [6.45, 7) is 3.71. The number of amides is 1. The van der Waals surface area contributed by atoms with E-state index < -0.39 is 0 Å². The molecule has 3 heterocycles. The van der Waals surface area contributed by atoms with Crippen molar-refractivity contribution in [3.8, 4) is 0 Å². The Balaban J connectivity index is 1.52. The van der Waals surface area contributed by atoms with Gasteiger partial charge in [0, 0.05) is 31.5 Å². The van der Waals surface area contributed by atoms with Crippen molar-refractivity contribution >= 4 is 22.9 Å². The highest BCUT2D eigenvalue weighted by Gasteiger charge is 2.24. The Labute approximate surface area is 140 Å². The van der Waals surface area contributed by atoms with Crippen LogP contribution >= 0.6 is 11.3 Å². The maximum absolute atomic E-state index is 12.5. The van der Waals surface area contributed by atoms with E-state index in [2.05, 4.69) is 22.2 Å². The first-order chi connectivity index (χ1) is 11.3. The third kappa shape index (κ3) is 4.07. The van der Waals surface area contributed by atoms with Crippen molar-refractivity contribution in [2.45, 2.75) is 38.6 Å². The van der Waals surface area contributed by atoms with Gasteiger partial charge in [-0.25, -0.2) is 4.98 Å². The average Bonchev–Trinajstić information content (AvgIpc) is 3.05. The Morgan fingerprint density at radius 1 is 1.39 bits per heavy atom. The van der Waals surface area contributed by atoms with Crippen LogP contribution in [-0.4, -0.2) is 39.9 Å². The number of aryl methyl sites for hydroxylation is 1. The van der Waals surface area contributed by atoms with Gasteiger partial charge in [-0.3, -0.25) is 9.78 Å². The van der Waals surface area contributed by atoms with Crippen LogP contribution in [0.4, 0.5) is 5.69 Å². The Morgan fingerprint density at radius 3 is 2.91 bits per heavy atom. The zero-order valence-electron chi connectivity index (χ0n) is 13.4. The minimum Gasteiger partial charge on any atom is -0.381 e. The van der Waals surface area contributed by atoms with Crippen LogP contribution in [0.25, 0.3) is 0 Å². The van der Waals surface area contributed by atoms with Gasteiger partial charge >= 0.3 is 0 Å². The first-order valence-electron chi connectivity index (χ1n) is 8.17. The van der Waals surface area contributed by atoms with E-state index in [0.29, 0.717) is 6.04 Å². The van der Waals surface area contributed by atoms with E-state index in [1.165, 1.54) is 11.3 Å². The van der Waals surface area contributed by atoms with Gasteiger partial charge < -0.3 is 10.2 Å². The summed E-state index contributed by atoms with van der Waals surface area (Å²) < 4.78 is 0. The van der Waals surface area contributed by atoms with Gasteiger partial charge in [0.05, 0.1) is 16.9 Å². The van der Waals surface area contributed by atoms with Crippen LogP contribution < -0.4 is 5.32 Å². The molecule has 1 fully saturated rings. The van der Waals surface area contributed by atoms with Gasteiger partial charge in [0.1, 0.15) is 4.88 Å². The van der Waals surface area contributed by atoms with Crippen LogP contribution in [0.5, 0.6) is 0 Å². The molecule has 1 N–H and O–H groups in total. The third-order valence-corrected chi connectivity index (χ3v) is 5.09. The van der Waals surface area contributed by atoms with E-state index in [4.69, 9.17) is 0 Å². The van der Waals surface area contributed by atoms with Crippen LogP contribution in [0.1, 0.15) is 40.9 Å². The van der Waals surface area contributed by atoms with Gasteiger partial charge in [-0.15, -0.1) is 11.3 Å². The first-order valence-corrected chi connectivity index (χ1v) is 8.98. The second kappa shape index (κ2) is 7.55. The van der Waals surface area contributed by atoms with Crippen molar-refractivity contribution in [2.75, 3.05) is 18.4 Å². The summed E-state index contributed by atoms with van der Waals surface area (Å²) in [6, 6.07) is 4.36. The molecule has 1 saturated heterocycles. The number of hydrogen-bond donors (Lipinski definition) is 1. The van der Waals surface area contributed by atoms with Crippen molar-refractivity contribution in [1.29, 1.82) is 0 Å². The molecule has 0 unspecified atom stereocenters.